The number of aromatic nitrogens is 2. The average molecular weight is 367 g/mol. The van der Waals surface area contributed by atoms with E-state index < -0.39 is 0 Å². The SMILES string of the molecule is Cn1ncc(Br)c1CNC(=O)NC12CC3CC(CC(C3)C1)C2. The molecule has 4 bridgehead atoms. The Morgan fingerprint density at radius 2 is 1.91 bits per heavy atom. The molecule has 0 radical (unpaired) electrons. The first kappa shape index (κ1) is 14.5. The summed E-state index contributed by atoms with van der Waals surface area (Å²) in [6, 6.07) is -0.0324. The van der Waals surface area contributed by atoms with Crippen LogP contribution in [0.1, 0.15) is 44.2 Å². The molecule has 22 heavy (non-hydrogen) atoms. The minimum absolute atomic E-state index is 0.0324. The number of nitrogens with one attached hydrogen (secondary N) is 2. The quantitative estimate of drug-likeness (QED) is 0.863. The summed E-state index contributed by atoms with van der Waals surface area (Å²) in [5.74, 6) is 2.54. The highest BCUT2D eigenvalue weighted by Gasteiger charge is 2.51. The lowest BCUT2D eigenvalue weighted by Gasteiger charge is -2.56. The zero-order valence-corrected chi connectivity index (χ0v) is 14.5. The van der Waals surface area contributed by atoms with Crippen molar-refractivity contribution in [3.05, 3.63) is 16.4 Å². The minimum atomic E-state index is -0.0324. The lowest BCUT2D eigenvalue weighted by atomic mass is 9.53. The van der Waals surface area contributed by atoms with Crippen molar-refractivity contribution >= 4 is 22.0 Å². The fraction of sp³-hybridized carbons (Fsp3) is 0.750. The van der Waals surface area contributed by atoms with E-state index in [1.165, 1.54) is 38.5 Å². The summed E-state index contributed by atoms with van der Waals surface area (Å²) in [7, 11) is 1.89. The van der Waals surface area contributed by atoms with Crippen molar-refractivity contribution in [2.24, 2.45) is 24.8 Å². The van der Waals surface area contributed by atoms with Crippen LogP contribution in [0.3, 0.4) is 0 Å². The number of carbonyl (C=O) groups is 1. The lowest BCUT2D eigenvalue weighted by molar-refractivity contribution is -0.0135. The summed E-state index contributed by atoms with van der Waals surface area (Å²) in [6.45, 7) is 0.495. The Kier molecular flexibility index (Phi) is 3.47. The standard InChI is InChI=1S/C16H23BrN4O/c1-21-14(13(17)8-19-21)9-18-15(22)20-16-5-10-2-11(6-16)4-12(3-10)7-16/h8,10-12H,2-7,9H2,1H3,(H2,18,20,22). The maximum absolute atomic E-state index is 12.4. The molecule has 0 unspecified atom stereocenters. The summed E-state index contributed by atoms with van der Waals surface area (Å²) in [4.78, 5) is 12.4. The molecule has 0 atom stereocenters. The number of hydrogen-bond acceptors (Lipinski definition) is 2. The maximum atomic E-state index is 12.4. The van der Waals surface area contributed by atoms with Crippen LogP contribution in [0.4, 0.5) is 4.79 Å². The molecule has 2 amide bonds. The first-order valence-corrected chi connectivity index (χ1v) is 9.05. The van der Waals surface area contributed by atoms with Gasteiger partial charge in [0.25, 0.3) is 0 Å². The Morgan fingerprint density at radius 1 is 1.32 bits per heavy atom. The summed E-state index contributed by atoms with van der Waals surface area (Å²) < 4.78 is 2.72. The Bertz CT molecular complexity index is 542. The molecular weight excluding hydrogens is 344 g/mol. The van der Waals surface area contributed by atoms with Crippen LogP contribution in [0.15, 0.2) is 10.7 Å². The number of urea groups is 1. The third-order valence-electron chi connectivity index (χ3n) is 5.84. The molecule has 4 fully saturated rings. The van der Waals surface area contributed by atoms with E-state index in [9.17, 15) is 4.79 Å². The zero-order chi connectivity index (χ0) is 15.3. The van der Waals surface area contributed by atoms with E-state index in [-0.39, 0.29) is 11.6 Å². The van der Waals surface area contributed by atoms with Crippen LogP contribution in [0.25, 0.3) is 0 Å². The van der Waals surface area contributed by atoms with Crippen LogP contribution in [-0.2, 0) is 13.6 Å². The van der Waals surface area contributed by atoms with Gasteiger partial charge in [0.05, 0.1) is 22.9 Å². The molecule has 0 saturated heterocycles. The van der Waals surface area contributed by atoms with Gasteiger partial charge in [0.2, 0.25) is 0 Å². The smallest absolute Gasteiger partial charge is 0.315 e. The maximum Gasteiger partial charge on any atom is 0.315 e. The molecule has 4 aliphatic rings. The Hall–Kier alpha value is -1.04. The van der Waals surface area contributed by atoms with Gasteiger partial charge >= 0.3 is 6.03 Å². The summed E-state index contributed by atoms with van der Waals surface area (Å²) in [5, 5.41) is 10.5. The average Bonchev–Trinajstić information content (AvgIpc) is 2.73. The highest BCUT2D eigenvalue weighted by atomic mass is 79.9. The first-order chi connectivity index (χ1) is 10.5. The van der Waals surface area contributed by atoms with E-state index in [4.69, 9.17) is 0 Å². The molecular formula is C16H23BrN4O. The predicted octanol–water partition coefficient (Wildman–Crippen LogP) is 2.95. The molecule has 1 aromatic heterocycles. The van der Waals surface area contributed by atoms with Crippen molar-refractivity contribution in [3.8, 4) is 0 Å². The molecule has 5 nitrogen and oxygen atoms in total. The van der Waals surface area contributed by atoms with Gasteiger partial charge in [0.1, 0.15) is 0 Å². The predicted molar refractivity (Wildman–Crippen MR) is 87.2 cm³/mol. The topological polar surface area (TPSA) is 59.0 Å². The van der Waals surface area contributed by atoms with Gasteiger partial charge in [-0.2, -0.15) is 5.10 Å². The molecule has 2 N–H and O–H groups in total. The van der Waals surface area contributed by atoms with Crippen molar-refractivity contribution in [1.29, 1.82) is 0 Å². The second-order valence-corrected chi connectivity index (χ2v) is 8.42. The number of amides is 2. The van der Waals surface area contributed by atoms with Crippen LogP contribution < -0.4 is 10.6 Å². The summed E-state index contributed by atoms with van der Waals surface area (Å²) in [6.07, 6.45) is 9.49. The third-order valence-corrected chi connectivity index (χ3v) is 6.51. The molecule has 0 spiro atoms. The molecule has 0 aliphatic heterocycles. The molecule has 1 aromatic rings. The van der Waals surface area contributed by atoms with Crippen molar-refractivity contribution in [2.45, 2.75) is 50.6 Å². The first-order valence-electron chi connectivity index (χ1n) is 8.25. The van der Waals surface area contributed by atoms with Gasteiger partial charge in [-0.1, -0.05) is 0 Å². The van der Waals surface area contributed by atoms with E-state index >= 15 is 0 Å². The summed E-state index contributed by atoms with van der Waals surface area (Å²) in [5.41, 5.74) is 1.06. The van der Waals surface area contributed by atoms with Gasteiger partial charge in [-0.15, -0.1) is 0 Å². The van der Waals surface area contributed by atoms with E-state index in [0.717, 1.165) is 27.9 Å². The lowest BCUT2D eigenvalue weighted by Crippen LogP contribution is -2.61. The monoisotopic (exact) mass is 366 g/mol. The number of rotatable bonds is 3. The second kappa shape index (κ2) is 5.25. The van der Waals surface area contributed by atoms with Crippen molar-refractivity contribution < 1.29 is 4.79 Å². The molecule has 120 valence electrons. The van der Waals surface area contributed by atoms with E-state index in [1.807, 2.05) is 7.05 Å². The van der Waals surface area contributed by atoms with Crippen LogP contribution >= 0.6 is 15.9 Å². The molecule has 6 heteroatoms. The number of carbonyl (C=O) groups excluding carboxylic acids is 1. The molecule has 0 aromatic carbocycles. The largest absolute Gasteiger partial charge is 0.333 e. The van der Waals surface area contributed by atoms with E-state index in [0.29, 0.717) is 6.54 Å². The van der Waals surface area contributed by atoms with Gasteiger partial charge in [0, 0.05) is 12.6 Å². The molecule has 1 heterocycles. The van der Waals surface area contributed by atoms with Crippen LogP contribution in [0, 0.1) is 17.8 Å². The Balaban J connectivity index is 1.38. The summed E-state index contributed by atoms with van der Waals surface area (Å²) >= 11 is 3.47. The third kappa shape index (κ3) is 2.55. The van der Waals surface area contributed by atoms with Crippen LogP contribution in [-0.4, -0.2) is 21.4 Å². The number of nitrogens with zero attached hydrogens (tertiary/aromatic N) is 2. The van der Waals surface area contributed by atoms with E-state index in [1.54, 1.807) is 10.9 Å². The van der Waals surface area contributed by atoms with Gasteiger partial charge in [-0.05, 0) is 72.2 Å². The van der Waals surface area contributed by atoms with Gasteiger partial charge < -0.3 is 10.6 Å². The van der Waals surface area contributed by atoms with Gasteiger partial charge in [0.15, 0.2) is 0 Å². The number of aryl methyl sites for hydroxylation is 1. The molecule has 4 aliphatic carbocycles. The Morgan fingerprint density at radius 3 is 2.41 bits per heavy atom. The van der Waals surface area contributed by atoms with Gasteiger partial charge in [-0.25, -0.2) is 4.79 Å². The molecule has 5 rings (SSSR count). The van der Waals surface area contributed by atoms with Gasteiger partial charge in [-0.3, -0.25) is 4.68 Å². The van der Waals surface area contributed by atoms with Crippen LogP contribution in [0.5, 0.6) is 0 Å². The van der Waals surface area contributed by atoms with Crippen molar-refractivity contribution in [2.75, 3.05) is 0 Å². The minimum Gasteiger partial charge on any atom is -0.333 e. The fourth-order valence-corrected chi connectivity index (χ4v) is 5.84. The molecule has 4 saturated carbocycles. The normalized spacial score (nSPS) is 35.6. The number of halogens is 1. The second-order valence-electron chi connectivity index (χ2n) is 7.57. The van der Waals surface area contributed by atoms with Crippen LogP contribution in [0.2, 0.25) is 0 Å². The number of hydrogen-bond donors (Lipinski definition) is 2. The van der Waals surface area contributed by atoms with Crippen molar-refractivity contribution in [3.63, 3.8) is 0 Å². The van der Waals surface area contributed by atoms with E-state index in [2.05, 4.69) is 31.7 Å². The zero-order valence-electron chi connectivity index (χ0n) is 12.9. The fourth-order valence-electron chi connectivity index (χ4n) is 5.35. The highest BCUT2D eigenvalue weighted by Crippen LogP contribution is 2.55. The highest BCUT2D eigenvalue weighted by molar-refractivity contribution is 9.10. The Labute approximate surface area is 139 Å². The van der Waals surface area contributed by atoms with Crippen molar-refractivity contribution in [1.82, 2.24) is 20.4 Å².